The molecule has 0 radical (unpaired) electrons. The molecule has 1 aliphatic rings. The van der Waals surface area contributed by atoms with Crippen molar-refractivity contribution in [2.24, 2.45) is 0 Å². The number of nitrogens with zero attached hydrogens (tertiary/aromatic N) is 1. The molecule has 0 aliphatic carbocycles. The number of H-pyrrole nitrogens is 1. The highest BCUT2D eigenvalue weighted by atomic mass is 35.5. The Morgan fingerprint density at radius 2 is 2.19 bits per heavy atom. The van der Waals surface area contributed by atoms with E-state index >= 15 is 0 Å². The summed E-state index contributed by atoms with van der Waals surface area (Å²) >= 11 is 6.06. The second-order valence-electron chi connectivity index (χ2n) is 5.42. The summed E-state index contributed by atoms with van der Waals surface area (Å²) in [5, 5.41) is 4.91. The number of hydrogen-bond acceptors (Lipinski definition) is 2. The van der Waals surface area contributed by atoms with Crippen molar-refractivity contribution >= 4 is 40.8 Å². The molecule has 1 aliphatic heterocycles. The van der Waals surface area contributed by atoms with Crippen LogP contribution in [0.25, 0.3) is 10.9 Å². The molecule has 3 rings (SSSR count). The molecule has 1 aromatic carbocycles. The van der Waals surface area contributed by atoms with E-state index in [0.29, 0.717) is 11.1 Å². The van der Waals surface area contributed by atoms with E-state index in [1.165, 1.54) is 0 Å². The smallest absolute Gasteiger partial charge is 0.256 e. The first-order valence-corrected chi connectivity index (χ1v) is 7.24. The van der Waals surface area contributed by atoms with Crippen LogP contribution in [0.15, 0.2) is 18.2 Å². The molecule has 114 valence electrons. The van der Waals surface area contributed by atoms with Gasteiger partial charge in [0.05, 0.1) is 5.56 Å². The number of benzene rings is 1. The zero-order chi connectivity index (χ0) is 14.3. The van der Waals surface area contributed by atoms with Gasteiger partial charge in [-0.1, -0.05) is 11.6 Å². The summed E-state index contributed by atoms with van der Waals surface area (Å²) in [7, 11) is 0. The average Bonchev–Trinajstić information content (AvgIpc) is 2.73. The molecule has 0 bridgehead atoms. The molecule has 1 amide bonds. The lowest BCUT2D eigenvalue weighted by atomic mass is 10.1. The van der Waals surface area contributed by atoms with Gasteiger partial charge in [0.15, 0.2) is 0 Å². The minimum absolute atomic E-state index is 0. The van der Waals surface area contributed by atoms with E-state index in [0.717, 1.165) is 41.8 Å². The topological polar surface area (TPSA) is 48.1 Å². The molecule has 2 heterocycles. The Hall–Kier alpha value is -1.23. The zero-order valence-electron chi connectivity index (χ0n) is 12.1. The summed E-state index contributed by atoms with van der Waals surface area (Å²) in [5.74, 6) is 0.0874. The number of fused-ring (bicyclic) bond motifs is 1. The maximum absolute atomic E-state index is 12.8. The number of carbonyl (C=O) groups excluding carboxylic acids is 1. The van der Waals surface area contributed by atoms with Crippen LogP contribution < -0.4 is 5.32 Å². The normalized spacial score (nSPS) is 18.6. The number of aryl methyl sites for hydroxylation is 1. The van der Waals surface area contributed by atoms with Gasteiger partial charge in [0.1, 0.15) is 0 Å². The number of nitrogens with one attached hydrogen (secondary N) is 2. The third kappa shape index (κ3) is 3.03. The van der Waals surface area contributed by atoms with Crippen LogP contribution in [-0.4, -0.2) is 41.5 Å². The average molecular weight is 328 g/mol. The maximum Gasteiger partial charge on any atom is 0.256 e. The van der Waals surface area contributed by atoms with Crippen LogP contribution in [-0.2, 0) is 0 Å². The van der Waals surface area contributed by atoms with Gasteiger partial charge < -0.3 is 15.2 Å². The van der Waals surface area contributed by atoms with Crippen molar-refractivity contribution in [3.05, 3.63) is 34.5 Å². The second kappa shape index (κ2) is 6.26. The summed E-state index contributed by atoms with van der Waals surface area (Å²) in [5.41, 5.74) is 2.61. The summed E-state index contributed by atoms with van der Waals surface area (Å²) in [4.78, 5) is 18.0. The first kappa shape index (κ1) is 16.1. The first-order valence-electron chi connectivity index (χ1n) is 6.87. The quantitative estimate of drug-likeness (QED) is 0.845. The number of hydrogen-bond donors (Lipinski definition) is 2. The van der Waals surface area contributed by atoms with Crippen molar-refractivity contribution in [2.45, 2.75) is 19.9 Å². The molecule has 0 saturated carbocycles. The van der Waals surface area contributed by atoms with Crippen LogP contribution in [0.3, 0.4) is 0 Å². The molecule has 2 aromatic rings. The molecular weight excluding hydrogens is 309 g/mol. The largest absolute Gasteiger partial charge is 0.358 e. The van der Waals surface area contributed by atoms with Gasteiger partial charge in [-0.25, -0.2) is 0 Å². The second-order valence-corrected chi connectivity index (χ2v) is 5.86. The number of amides is 1. The Bertz CT molecular complexity index is 668. The third-order valence-electron chi connectivity index (χ3n) is 3.82. The molecule has 1 saturated heterocycles. The van der Waals surface area contributed by atoms with Crippen LogP contribution in [0, 0.1) is 6.92 Å². The van der Waals surface area contributed by atoms with Gasteiger partial charge in [-0.05, 0) is 32.0 Å². The number of aromatic nitrogens is 1. The third-order valence-corrected chi connectivity index (χ3v) is 4.05. The van der Waals surface area contributed by atoms with Crippen LogP contribution in [0.5, 0.6) is 0 Å². The van der Waals surface area contributed by atoms with Gasteiger partial charge in [-0.3, -0.25) is 4.79 Å². The van der Waals surface area contributed by atoms with E-state index in [2.05, 4.69) is 17.2 Å². The van der Waals surface area contributed by atoms with Crippen LogP contribution in [0.4, 0.5) is 0 Å². The van der Waals surface area contributed by atoms with Crippen molar-refractivity contribution < 1.29 is 4.79 Å². The van der Waals surface area contributed by atoms with Crippen molar-refractivity contribution in [2.75, 3.05) is 19.6 Å². The minimum Gasteiger partial charge on any atom is -0.358 e. The van der Waals surface area contributed by atoms with E-state index in [1.807, 2.05) is 30.0 Å². The van der Waals surface area contributed by atoms with E-state index in [1.54, 1.807) is 0 Å². The molecule has 6 heteroatoms. The predicted molar refractivity (Wildman–Crippen MR) is 88.7 cm³/mol. The molecule has 1 atom stereocenters. The summed E-state index contributed by atoms with van der Waals surface area (Å²) in [6.45, 7) is 6.36. The highest BCUT2D eigenvalue weighted by molar-refractivity contribution is 6.31. The van der Waals surface area contributed by atoms with Gasteiger partial charge in [0, 0.05) is 47.3 Å². The zero-order valence-corrected chi connectivity index (χ0v) is 13.6. The molecule has 0 spiro atoms. The fraction of sp³-hybridized carbons (Fsp3) is 0.400. The van der Waals surface area contributed by atoms with E-state index < -0.39 is 0 Å². The van der Waals surface area contributed by atoms with E-state index in [4.69, 9.17) is 11.6 Å². The number of halogens is 2. The van der Waals surface area contributed by atoms with Crippen LogP contribution in [0.1, 0.15) is 23.0 Å². The fourth-order valence-electron chi connectivity index (χ4n) is 2.85. The first-order chi connectivity index (χ1) is 9.56. The molecule has 21 heavy (non-hydrogen) atoms. The number of aromatic amines is 1. The predicted octanol–water partition coefficient (Wildman–Crippen LogP) is 2.99. The Morgan fingerprint density at radius 3 is 2.90 bits per heavy atom. The fourth-order valence-corrected chi connectivity index (χ4v) is 3.02. The van der Waals surface area contributed by atoms with Crippen molar-refractivity contribution in [3.8, 4) is 0 Å². The molecule has 4 nitrogen and oxygen atoms in total. The lowest BCUT2D eigenvalue weighted by Crippen LogP contribution is -2.51. The highest BCUT2D eigenvalue weighted by Gasteiger charge is 2.25. The standard InChI is InChI=1S/C15H18ClN3O.ClH/c1-9-8-19(6-5-17-9)15(20)14-10(2)18-13-4-3-11(16)7-12(13)14;/h3-4,7,9,17-18H,5-6,8H2,1-2H3;1H/t9-;/m1./s1. The maximum atomic E-state index is 12.8. The van der Waals surface area contributed by atoms with Gasteiger partial charge in [-0.2, -0.15) is 0 Å². The Morgan fingerprint density at radius 1 is 1.43 bits per heavy atom. The number of carbonyl (C=O) groups is 1. The van der Waals surface area contributed by atoms with Crippen molar-refractivity contribution in [1.82, 2.24) is 15.2 Å². The van der Waals surface area contributed by atoms with Crippen molar-refractivity contribution in [1.29, 1.82) is 0 Å². The van der Waals surface area contributed by atoms with Gasteiger partial charge in [0.2, 0.25) is 0 Å². The minimum atomic E-state index is 0. The molecule has 1 aromatic heterocycles. The lowest BCUT2D eigenvalue weighted by molar-refractivity contribution is 0.0710. The summed E-state index contributed by atoms with van der Waals surface area (Å²) in [6.07, 6.45) is 0. The molecule has 0 unspecified atom stereocenters. The number of piperazine rings is 1. The summed E-state index contributed by atoms with van der Waals surface area (Å²) < 4.78 is 0. The highest BCUT2D eigenvalue weighted by Crippen LogP contribution is 2.26. The Kier molecular flexibility index (Phi) is 4.81. The van der Waals surface area contributed by atoms with Crippen molar-refractivity contribution in [3.63, 3.8) is 0 Å². The van der Waals surface area contributed by atoms with Gasteiger partial charge >= 0.3 is 0 Å². The Balaban J connectivity index is 0.00000161. The Labute approximate surface area is 135 Å². The van der Waals surface area contributed by atoms with Gasteiger partial charge in [-0.15, -0.1) is 12.4 Å². The molecule has 2 N–H and O–H groups in total. The van der Waals surface area contributed by atoms with E-state index in [-0.39, 0.29) is 18.3 Å². The molecular formula is C15H19Cl2N3O. The monoisotopic (exact) mass is 327 g/mol. The number of rotatable bonds is 1. The van der Waals surface area contributed by atoms with Crippen LogP contribution in [0.2, 0.25) is 5.02 Å². The summed E-state index contributed by atoms with van der Waals surface area (Å²) in [6, 6.07) is 5.95. The van der Waals surface area contributed by atoms with Crippen LogP contribution >= 0.6 is 24.0 Å². The van der Waals surface area contributed by atoms with E-state index in [9.17, 15) is 4.79 Å². The lowest BCUT2D eigenvalue weighted by Gasteiger charge is -2.32. The molecule has 1 fully saturated rings. The SMILES string of the molecule is Cc1[nH]c2ccc(Cl)cc2c1C(=O)N1CCN[C@H](C)C1.Cl. The van der Waals surface area contributed by atoms with Gasteiger partial charge in [0.25, 0.3) is 5.91 Å².